The minimum Gasteiger partial charge on any atom is -0.410 e. The van der Waals surface area contributed by atoms with Crippen LogP contribution in [0.3, 0.4) is 0 Å². The summed E-state index contributed by atoms with van der Waals surface area (Å²) in [6, 6.07) is 13.5. The summed E-state index contributed by atoms with van der Waals surface area (Å²) in [4.78, 5) is 14.2. The van der Waals surface area contributed by atoms with Crippen LogP contribution in [-0.4, -0.2) is 71.6 Å². The number of benzene rings is 2. The Hall–Kier alpha value is -2.69. The molecule has 162 valence electrons. The topological polar surface area (TPSA) is 132 Å². The van der Waals surface area contributed by atoms with E-state index in [9.17, 15) is 25.2 Å². The number of hydrogen-bond donors (Lipinski definition) is 5. The number of nitrogens with zero attached hydrogens (tertiary/aromatic N) is 1. The highest BCUT2D eigenvalue weighted by molar-refractivity contribution is 5.86. The Bertz CT molecular complexity index is 857. The van der Waals surface area contributed by atoms with Gasteiger partial charge in [-0.2, -0.15) is 0 Å². The van der Waals surface area contributed by atoms with Crippen LogP contribution in [0.1, 0.15) is 11.7 Å². The van der Waals surface area contributed by atoms with Crippen molar-refractivity contribution in [1.82, 2.24) is 0 Å². The van der Waals surface area contributed by atoms with Crippen LogP contribution < -0.4 is 15.0 Å². The van der Waals surface area contributed by atoms with Gasteiger partial charge in [0.25, 0.3) is 0 Å². The van der Waals surface area contributed by atoms with Gasteiger partial charge in [-0.1, -0.05) is 12.1 Å². The van der Waals surface area contributed by atoms with Gasteiger partial charge in [0.2, 0.25) is 0 Å². The van der Waals surface area contributed by atoms with E-state index in [1.165, 1.54) is 6.07 Å². The van der Waals surface area contributed by atoms with Crippen molar-refractivity contribution in [2.75, 3.05) is 30.9 Å². The zero-order chi connectivity index (χ0) is 21.8. The molecule has 3 rings (SSSR count). The summed E-state index contributed by atoms with van der Waals surface area (Å²) in [6.45, 7) is -0.521. The van der Waals surface area contributed by atoms with E-state index in [1.807, 2.05) is 31.1 Å². The van der Waals surface area contributed by atoms with Crippen LogP contribution >= 0.6 is 0 Å². The summed E-state index contributed by atoms with van der Waals surface area (Å²) < 4.78 is 10.8. The lowest BCUT2D eigenvalue weighted by Gasteiger charge is -2.40. The van der Waals surface area contributed by atoms with Crippen LogP contribution in [0.5, 0.6) is 5.75 Å². The molecule has 9 heteroatoms. The summed E-state index contributed by atoms with van der Waals surface area (Å²) >= 11 is 0. The SMILES string of the molecule is CN(C)c1ccc(NC(=O)Oc2cccc(C3OC(CO)C(O)C(O)C3O)c2)cc1. The standard InChI is InChI=1S/C21H26N2O7/c1-23(2)14-8-6-13(7-9-14)22-21(28)29-15-5-3-4-12(10-15)20-19(27)18(26)17(25)16(11-24)30-20/h3-10,16-20,24-27H,11H2,1-2H3,(H,22,28). The molecular formula is C21H26N2O7. The molecule has 5 unspecified atom stereocenters. The average Bonchev–Trinajstić information content (AvgIpc) is 2.73. The maximum Gasteiger partial charge on any atom is 0.417 e. The van der Waals surface area contributed by atoms with Crippen molar-refractivity contribution in [3.05, 3.63) is 54.1 Å². The fourth-order valence-corrected chi connectivity index (χ4v) is 3.23. The summed E-state index contributed by atoms with van der Waals surface area (Å²) in [5.74, 6) is 0.201. The number of ether oxygens (including phenoxy) is 2. The number of hydrogen-bond acceptors (Lipinski definition) is 8. The number of amides is 1. The average molecular weight is 418 g/mol. The normalized spacial score (nSPS) is 26.1. The molecule has 1 amide bonds. The first-order chi connectivity index (χ1) is 14.3. The lowest BCUT2D eigenvalue weighted by atomic mass is 9.91. The maximum absolute atomic E-state index is 12.2. The molecule has 0 radical (unpaired) electrons. The highest BCUT2D eigenvalue weighted by Gasteiger charge is 2.44. The van der Waals surface area contributed by atoms with Crippen molar-refractivity contribution < 1.29 is 34.7 Å². The van der Waals surface area contributed by atoms with E-state index in [0.717, 1.165) is 5.69 Å². The first kappa shape index (κ1) is 22.0. The molecule has 30 heavy (non-hydrogen) atoms. The lowest BCUT2D eigenvalue weighted by molar-refractivity contribution is -0.231. The van der Waals surface area contributed by atoms with Gasteiger partial charge in [-0.3, -0.25) is 5.32 Å². The number of rotatable bonds is 5. The van der Waals surface area contributed by atoms with Gasteiger partial charge in [0.1, 0.15) is 36.3 Å². The van der Waals surface area contributed by atoms with Crippen molar-refractivity contribution in [2.45, 2.75) is 30.5 Å². The number of carbonyl (C=O) groups is 1. The Kier molecular flexibility index (Phi) is 6.91. The molecule has 1 heterocycles. The first-order valence-corrected chi connectivity index (χ1v) is 9.47. The van der Waals surface area contributed by atoms with Crippen LogP contribution in [-0.2, 0) is 4.74 Å². The molecule has 1 aliphatic rings. The van der Waals surface area contributed by atoms with Crippen LogP contribution in [0.15, 0.2) is 48.5 Å². The second-order valence-electron chi connectivity index (χ2n) is 7.28. The van der Waals surface area contributed by atoms with Gasteiger partial charge < -0.3 is 34.8 Å². The minimum atomic E-state index is -1.49. The van der Waals surface area contributed by atoms with E-state index < -0.39 is 43.2 Å². The van der Waals surface area contributed by atoms with E-state index in [1.54, 1.807) is 30.3 Å². The van der Waals surface area contributed by atoms with E-state index in [0.29, 0.717) is 11.3 Å². The van der Waals surface area contributed by atoms with Gasteiger partial charge in [0, 0.05) is 25.5 Å². The zero-order valence-electron chi connectivity index (χ0n) is 16.7. The molecule has 2 aromatic carbocycles. The second-order valence-corrected chi connectivity index (χ2v) is 7.28. The molecular weight excluding hydrogens is 392 g/mol. The Balaban J connectivity index is 1.68. The number of anilines is 2. The maximum atomic E-state index is 12.2. The monoisotopic (exact) mass is 418 g/mol. The number of nitrogens with one attached hydrogen (secondary N) is 1. The second kappa shape index (κ2) is 9.41. The molecule has 1 aliphatic heterocycles. The number of carbonyl (C=O) groups excluding carboxylic acids is 1. The van der Waals surface area contributed by atoms with Crippen molar-refractivity contribution in [2.24, 2.45) is 0 Å². The Morgan fingerprint density at radius 2 is 1.77 bits per heavy atom. The molecule has 0 spiro atoms. The van der Waals surface area contributed by atoms with E-state index in [-0.39, 0.29) is 5.75 Å². The molecule has 2 aromatic rings. The first-order valence-electron chi connectivity index (χ1n) is 9.47. The Labute approximate surface area is 174 Å². The van der Waals surface area contributed by atoms with Crippen LogP contribution in [0, 0.1) is 0 Å². The van der Waals surface area contributed by atoms with E-state index >= 15 is 0 Å². The number of aliphatic hydroxyl groups excluding tert-OH is 4. The molecule has 5 N–H and O–H groups in total. The van der Waals surface area contributed by atoms with E-state index in [2.05, 4.69) is 5.32 Å². The fraction of sp³-hybridized carbons (Fsp3) is 0.381. The highest BCUT2D eigenvalue weighted by atomic mass is 16.6. The van der Waals surface area contributed by atoms with Crippen molar-refractivity contribution in [1.29, 1.82) is 0 Å². The van der Waals surface area contributed by atoms with Crippen molar-refractivity contribution >= 4 is 17.5 Å². The number of aliphatic hydroxyl groups is 4. The molecule has 1 saturated heterocycles. The predicted octanol–water partition coefficient (Wildman–Crippen LogP) is 0.878. The van der Waals surface area contributed by atoms with Crippen LogP contribution in [0.25, 0.3) is 0 Å². The van der Waals surface area contributed by atoms with Gasteiger partial charge >= 0.3 is 6.09 Å². The smallest absolute Gasteiger partial charge is 0.410 e. The third kappa shape index (κ3) is 4.89. The quantitative estimate of drug-likeness (QED) is 0.484. The van der Waals surface area contributed by atoms with Crippen molar-refractivity contribution in [3.63, 3.8) is 0 Å². The van der Waals surface area contributed by atoms with Gasteiger partial charge in [0.15, 0.2) is 0 Å². The van der Waals surface area contributed by atoms with Crippen LogP contribution in [0.4, 0.5) is 16.2 Å². The minimum absolute atomic E-state index is 0.201. The van der Waals surface area contributed by atoms with Gasteiger partial charge in [-0.25, -0.2) is 4.79 Å². The zero-order valence-corrected chi connectivity index (χ0v) is 16.7. The largest absolute Gasteiger partial charge is 0.417 e. The molecule has 1 fully saturated rings. The molecule has 0 saturated carbocycles. The molecule has 9 nitrogen and oxygen atoms in total. The summed E-state index contributed by atoms with van der Waals surface area (Å²) in [6.07, 6.45) is -7.07. The van der Waals surface area contributed by atoms with Crippen molar-refractivity contribution in [3.8, 4) is 5.75 Å². The van der Waals surface area contributed by atoms with E-state index in [4.69, 9.17) is 9.47 Å². The summed E-state index contributed by atoms with van der Waals surface area (Å²) in [7, 11) is 3.83. The molecule has 0 aliphatic carbocycles. The molecule has 5 atom stereocenters. The Morgan fingerprint density at radius 3 is 2.40 bits per heavy atom. The van der Waals surface area contributed by atoms with Gasteiger partial charge in [-0.05, 0) is 42.0 Å². The van der Waals surface area contributed by atoms with Gasteiger partial charge in [-0.15, -0.1) is 0 Å². The third-order valence-electron chi connectivity index (χ3n) is 4.92. The molecule has 0 aromatic heterocycles. The Morgan fingerprint density at radius 1 is 1.07 bits per heavy atom. The highest BCUT2D eigenvalue weighted by Crippen LogP contribution is 2.33. The summed E-state index contributed by atoms with van der Waals surface area (Å²) in [5, 5.41) is 42.1. The lowest BCUT2D eigenvalue weighted by Crippen LogP contribution is -2.55. The van der Waals surface area contributed by atoms with Crippen LogP contribution in [0.2, 0.25) is 0 Å². The fourth-order valence-electron chi connectivity index (χ4n) is 3.23. The van der Waals surface area contributed by atoms with Gasteiger partial charge in [0.05, 0.1) is 6.61 Å². The summed E-state index contributed by atoms with van der Waals surface area (Å²) in [5.41, 5.74) is 1.98. The predicted molar refractivity (Wildman–Crippen MR) is 110 cm³/mol. The third-order valence-corrected chi connectivity index (χ3v) is 4.92. The molecule has 0 bridgehead atoms.